The zero-order valence-corrected chi connectivity index (χ0v) is 13.4. The van der Waals surface area contributed by atoms with E-state index in [1.54, 1.807) is 0 Å². The number of benzene rings is 2. The fourth-order valence-corrected chi connectivity index (χ4v) is 2.70. The highest BCUT2D eigenvalue weighted by atomic mass is 16.6. The number of hydrogen-bond acceptors (Lipinski definition) is 5. The van der Waals surface area contributed by atoms with Crippen LogP contribution >= 0.6 is 0 Å². The number of nitrogens with zero attached hydrogens (tertiary/aromatic N) is 3. The first-order valence-corrected chi connectivity index (χ1v) is 7.76. The second-order valence-electron chi connectivity index (χ2n) is 5.17. The van der Waals surface area contributed by atoms with E-state index in [0.717, 1.165) is 35.4 Å². The third-order valence-corrected chi connectivity index (χ3v) is 3.90. The Bertz CT molecular complexity index is 815. The Morgan fingerprint density at radius 3 is 2.39 bits per heavy atom. The lowest BCUT2D eigenvalue weighted by Crippen LogP contribution is -2.23. The van der Waals surface area contributed by atoms with E-state index < -0.39 is 0 Å². The van der Waals surface area contributed by atoms with Gasteiger partial charge < -0.3 is 9.74 Å². The van der Waals surface area contributed by atoms with Crippen LogP contribution in [0.3, 0.4) is 0 Å². The summed E-state index contributed by atoms with van der Waals surface area (Å²) in [4.78, 5) is 16.7. The van der Waals surface area contributed by atoms with Gasteiger partial charge in [0, 0.05) is 18.5 Å². The van der Waals surface area contributed by atoms with Crippen molar-refractivity contribution in [3.8, 4) is 17.1 Å². The number of aromatic nitrogens is 2. The summed E-state index contributed by atoms with van der Waals surface area (Å²) in [6.45, 7) is 6.01. The fraction of sp³-hybridized carbons (Fsp3) is 0.222. The van der Waals surface area contributed by atoms with Crippen molar-refractivity contribution in [2.45, 2.75) is 13.8 Å². The van der Waals surface area contributed by atoms with Crippen LogP contribution in [0.2, 0.25) is 0 Å². The minimum atomic E-state index is 0.563. The summed E-state index contributed by atoms with van der Waals surface area (Å²) >= 11 is 0. The van der Waals surface area contributed by atoms with Gasteiger partial charge in [-0.1, -0.05) is 24.3 Å². The van der Waals surface area contributed by atoms with Crippen molar-refractivity contribution in [1.29, 1.82) is 0 Å². The summed E-state index contributed by atoms with van der Waals surface area (Å²) in [5.74, 6) is 7.50. The maximum absolute atomic E-state index is 5.38. The van der Waals surface area contributed by atoms with E-state index >= 15 is 0 Å². The molecule has 0 fully saturated rings. The topological polar surface area (TPSA) is 64.3 Å². The molecule has 1 aromatic heterocycles. The maximum Gasteiger partial charge on any atom is 0.165 e. The Morgan fingerprint density at radius 2 is 1.65 bits per heavy atom. The van der Waals surface area contributed by atoms with Gasteiger partial charge in [0.2, 0.25) is 0 Å². The van der Waals surface area contributed by atoms with Gasteiger partial charge in [0.05, 0.1) is 11.1 Å². The molecule has 23 heavy (non-hydrogen) atoms. The number of para-hydroxylation sites is 2. The molecule has 0 radical (unpaired) electrons. The van der Waals surface area contributed by atoms with Crippen LogP contribution in [0.1, 0.15) is 13.8 Å². The van der Waals surface area contributed by atoms with E-state index in [2.05, 4.69) is 24.8 Å². The van der Waals surface area contributed by atoms with Gasteiger partial charge in [-0.25, -0.2) is 9.97 Å². The van der Waals surface area contributed by atoms with E-state index in [-0.39, 0.29) is 0 Å². The quantitative estimate of drug-likeness (QED) is 0.732. The second-order valence-corrected chi connectivity index (χ2v) is 5.17. The molecule has 0 bridgehead atoms. The average Bonchev–Trinajstić information content (AvgIpc) is 2.62. The molecular formula is C18H20N4O. The van der Waals surface area contributed by atoms with Crippen LogP contribution in [0.25, 0.3) is 22.3 Å². The molecule has 118 valence electrons. The summed E-state index contributed by atoms with van der Waals surface area (Å²) < 4.78 is 0. The molecule has 3 aromatic rings. The number of anilines is 1. The lowest BCUT2D eigenvalue weighted by atomic mass is 10.1. The Morgan fingerprint density at radius 1 is 0.957 bits per heavy atom. The SMILES string of the molecule is CCN(CC)c1nc(-c2ccccc2ON)nc2ccccc12. The van der Waals surface area contributed by atoms with E-state index in [1.807, 2.05) is 42.5 Å². The number of nitrogens with two attached hydrogens (primary N) is 1. The average molecular weight is 308 g/mol. The minimum absolute atomic E-state index is 0.563. The fourth-order valence-electron chi connectivity index (χ4n) is 2.70. The molecule has 0 aliphatic heterocycles. The molecule has 0 atom stereocenters. The van der Waals surface area contributed by atoms with Crippen molar-refractivity contribution in [1.82, 2.24) is 9.97 Å². The highest BCUT2D eigenvalue weighted by molar-refractivity contribution is 5.91. The van der Waals surface area contributed by atoms with E-state index in [0.29, 0.717) is 11.6 Å². The van der Waals surface area contributed by atoms with Crippen molar-refractivity contribution >= 4 is 16.7 Å². The first kappa shape index (κ1) is 15.2. The second kappa shape index (κ2) is 6.62. The molecule has 0 aliphatic rings. The lowest BCUT2D eigenvalue weighted by molar-refractivity contribution is 0.336. The molecule has 0 unspecified atom stereocenters. The van der Waals surface area contributed by atoms with Crippen LogP contribution in [0.5, 0.6) is 5.75 Å². The minimum Gasteiger partial charge on any atom is -0.411 e. The molecular weight excluding hydrogens is 288 g/mol. The van der Waals surface area contributed by atoms with Crippen LogP contribution in [0.15, 0.2) is 48.5 Å². The smallest absolute Gasteiger partial charge is 0.165 e. The van der Waals surface area contributed by atoms with Gasteiger partial charge in [-0.3, -0.25) is 0 Å². The lowest BCUT2D eigenvalue weighted by Gasteiger charge is -2.22. The number of fused-ring (bicyclic) bond motifs is 1. The molecule has 0 saturated heterocycles. The zero-order valence-electron chi connectivity index (χ0n) is 13.4. The highest BCUT2D eigenvalue weighted by Crippen LogP contribution is 2.31. The predicted molar refractivity (Wildman–Crippen MR) is 93.4 cm³/mol. The van der Waals surface area contributed by atoms with Gasteiger partial charge in [0.1, 0.15) is 5.82 Å². The van der Waals surface area contributed by atoms with E-state index in [4.69, 9.17) is 20.7 Å². The zero-order chi connectivity index (χ0) is 16.2. The Hall–Kier alpha value is -2.66. The van der Waals surface area contributed by atoms with Crippen LogP contribution < -0.4 is 15.6 Å². The molecule has 5 nitrogen and oxygen atoms in total. The van der Waals surface area contributed by atoms with Gasteiger partial charge in [-0.05, 0) is 38.1 Å². The first-order chi connectivity index (χ1) is 11.3. The van der Waals surface area contributed by atoms with Gasteiger partial charge in [0.25, 0.3) is 0 Å². The van der Waals surface area contributed by atoms with Crippen molar-refractivity contribution in [2.24, 2.45) is 5.90 Å². The number of hydrogen-bond donors (Lipinski definition) is 1. The van der Waals surface area contributed by atoms with Gasteiger partial charge in [-0.15, -0.1) is 0 Å². The largest absolute Gasteiger partial charge is 0.411 e. The summed E-state index contributed by atoms with van der Waals surface area (Å²) in [5, 5.41) is 1.05. The molecule has 0 spiro atoms. The number of rotatable bonds is 5. The van der Waals surface area contributed by atoms with Crippen molar-refractivity contribution < 1.29 is 4.84 Å². The summed E-state index contributed by atoms with van der Waals surface area (Å²) in [6, 6.07) is 15.6. The molecule has 0 amide bonds. The molecule has 5 heteroatoms. The third-order valence-electron chi connectivity index (χ3n) is 3.90. The standard InChI is InChI=1S/C18H20N4O/c1-3-22(4-2)18-13-9-5-7-11-15(13)20-17(21-18)14-10-6-8-12-16(14)23-19/h5-12H,3-4,19H2,1-2H3. The Balaban J connectivity index is 2.26. The maximum atomic E-state index is 5.38. The molecule has 2 aromatic carbocycles. The van der Waals surface area contributed by atoms with Crippen molar-refractivity contribution in [3.63, 3.8) is 0 Å². The van der Waals surface area contributed by atoms with Crippen molar-refractivity contribution in [3.05, 3.63) is 48.5 Å². The Kier molecular flexibility index (Phi) is 4.39. The van der Waals surface area contributed by atoms with Crippen LogP contribution in [-0.2, 0) is 0 Å². The van der Waals surface area contributed by atoms with Crippen LogP contribution in [0, 0.1) is 0 Å². The normalized spacial score (nSPS) is 10.7. The van der Waals surface area contributed by atoms with E-state index in [1.165, 1.54) is 0 Å². The summed E-state index contributed by atoms with van der Waals surface area (Å²) in [7, 11) is 0. The highest BCUT2D eigenvalue weighted by Gasteiger charge is 2.15. The van der Waals surface area contributed by atoms with Crippen LogP contribution in [0.4, 0.5) is 5.82 Å². The summed E-state index contributed by atoms with van der Waals surface area (Å²) in [6.07, 6.45) is 0. The van der Waals surface area contributed by atoms with Crippen LogP contribution in [-0.4, -0.2) is 23.1 Å². The predicted octanol–water partition coefficient (Wildman–Crippen LogP) is 3.40. The molecule has 1 heterocycles. The summed E-state index contributed by atoms with van der Waals surface area (Å²) in [5.41, 5.74) is 1.69. The molecule has 0 saturated carbocycles. The molecule has 0 aliphatic carbocycles. The monoisotopic (exact) mass is 308 g/mol. The van der Waals surface area contributed by atoms with Gasteiger partial charge >= 0.3 is 0 Å². The van der Waals surface area contributed by atoms with E-state index in [9.17, 15) is 0 Å². The molecule has 3 rings (SSSR count). The van der Waals surface area contributed by atoms with Gasteiger partial charge in [-0.2, -0.15) is 5.90 Å². The van der Waals surface area contributed by atoms with Gasteiger partial charge in [0.15, 0.2) is 11.6 Å². The van der Waals surface area contributed by atoms with Crippen molar-refractivity contribution in [2.75, 3.05) is 18.0 Å². The third kappa shape index (κ3) is 2.83. The Labute approximate surface area is 135 Å². The molecule has 2 N–H and O–H groups in total. The first-order valence-electron chi connectivity index (χ1n) is 7.76.